The fourth-order valence-electron chi connectivity index (χ4n) is 2.38. The number of hydrogen-bond acceptors (Lipinski definition) is 3. The molecule has 1 unspecified atom stereocenters. The van der Waals surface area contributed by atoms with Gasteiger partial charge < -0.3 is 14.9 Å². The van der Waals surface area contributed by atoms with Crippen LogP contribution in [0.4, 0.5) is 4.79 Å². The number of likely N-dealkylation sites (tertiary alicyclic amines) is 1. The van der Waals surface area contributed by atoms with Gasteiger partial charge >= 0.3 is 6.09 Å². The molecule has 1 atom stereocenters. The summed E-state index contributed by atoms with van der Waals surface area (Å²) in [6, 6.07) is -0.390. The molecule has 1 aliphatic heterocycles. The van der Waals surface area contributed by atoms with Crippen molar-refractivity contribution in [2.24, 2.45) is 5.41 Å². The Morgan fingerprint density at radius 1 is 1.44 bits per heavy atom. The van der Waals surface area contributed by atoms with E-state index in [0.29, 0.717) is 5.57 Å². The Morgan fingerprint density at radius 2 is 2.00 bits per heavy atom. The lowest BCUT2D eigenvalue weighted by Gasteiger charge is -2.42. The van der Waals surface area contributed by atoms with Crippen molar-refractivity contribution in [2.75, 3.05) is 20.6 Å². The van der Waals surface area contributed by atoms with E-state index in [2.05, 4.69) is 0 Å². The van der Waals surface area contributed by atoms with E-state index in [1.54, 1.807) is 11.1 Å². The van der Waals surface area contributed by atoms with Crippen LogP contribution in [0.25, 0.3) is 0 Å². The van der Waals surface area contributed by atoms with Gasteiger partial charge in [-0.2, -0.15) is 0 Å². The van der Waals surface area contributed by atoms with Crippen molar-refractivity contribution in [1.82, 2.24) is 9.80 Å². The number of carbonyl (C=O) groups is 2. The van der Waals surface area contributed by atoms with Crippen LogP contribution in [0, 0.1) is 5.41 Å². The number of ketones is 1. The number of carbonyl (C=O) groups excluding carboxylic acids is 1. The van der Waals surface area contributed by atoms with Crippen LogP contribution in [0.15, 0.2) is 11.8 Å². The first-order valence-electron chi connectivity index (χ1n) is 6.05. The van der Waals surface area contributed by atoms with Gasteiger partial charge in [-0.15, -0.1) is 0 Å². The highest BCUT2D eigenvalue weighted by molar-refractivity contribution is 5.98. The lowest BCUT2D eigenvalue weighted by atomic mass is 9.77. The molecule has 0 aromatic heterocycles. The van der Waals surface area contributed by atoms with Gasteiger partial charge in [-0.05, 0) is 5.41 Å². The highest BCUT2D eigenvalue weighted by atomic mass is 16.4. The van der Waals surface area contributed by atoms with Crippen LogP contribution in [-0.2, 0) is 4.79 Å². The fourth-order valence-corrected chi connectivity index (χ4v) is 2.38. The number of carboxylic acid groups (broad SMARTS) is 1. The summed E-state index contributed by atoms with van der Waals surface area (Å²) in [6.07, 6.45) is 1.04. The largest absolute Gasteiger partial charge is 0.465 e. The minimum Gasteiger partial charge on any atom is -0.465 e. The molecular weight excluding hydrogens is 232 g/mol. The zero-order chi connectivity index (χ0) is 14.1. The minimum atomic E-state index is -0.966. The standard InChI is InChI=1S/C13H22N2O3/c1-13(2,3)11-9(8-14(4)5)10(16)6-7-15(11)12(17)18/h8,11H,6-7H2,1-5H3,(H,17,18). The molecule has 0 aromatic rings. The molecule has 5 nitrogen and oxygen atoms in total. The number of piperidine rings is 1. The van der Waals surface area contributed by atoms with Gasteiger partial charge in [0.1, 0.15) is 0 Å². The summed E-state index contributed by atoms with van der Waals surface area (Å²) in [6.45, 7) is 6.14. The molecule has 0 radical (unpaired) electrons. The van der Waals surface area contributed by atoms with Crippen LogP contribution in [0.1, 0.15) is 27.2 Å². The van der Waals surface area contributed by atoms with Crippen LogP contribution in [0.3, 0.4) is 0 Å². The summed E-state index contributed by atoms with van der Waals surface area (Å²) in [5, 5.41) is 9.28. The van der Waals surface area contributed by atoms with Crippen LogP contribution >= 0.6 is 0 Å². The molecule has 102 valence electrons. The molecule has 1 N–H and O–H groups in total. The highest BCUT2D eigenvalue weighted by Crippen LogP contribution is 2.34. The van der Waals surface area contributed by atoms with Crippen molar-refractivity contribution >= 4 is 11.9 Å². The smallest absolute Gasteiger partial charge is 0.407 e. The van der Waals surface area contributed by atoms with Crippen LogP contribution in [0.2, 0.25) is 0 Å². The molecule has 1 amide bonds. The average molecular weight is 254 g/mol. The normalized spacial score (nSPS) is 23.4. The first kappa shape index (κ1) is 14.5. The molecular formula is C13H22N2O3. The summed E-state index contributed by atoms with van der Waals surface area (Å²) >= 11 is 0. The van der Waals surface area contributed by atoms with E-state index in [4.69, 9.17) is 0 Å². The summed E-state index contributed by atoms with van der Waals surface area (Å²) < 4.78 is 0. The zero-order valence-electron chi connectivity index (χ0n) is 11.7. The molecule has 1 saturated heterocycles. The minimum absolute atomic E-state index is 0.0427. The van der Waals surface area contributed by atoms with Gasteiger partial charge in [-0.1, -0.05) is 20.8 Å². The Balaban J connectivity index is 3.24. The number of hydrogen-bond donors (Lipinski definition) is 1. The van der Waals surface area contributed by atoms with E-state index < -0.39 is 12.1 Å². The van der Waals surface area contributed by atoms with Crippen molar-refractivity contribution in [3.8, 4) is 0 Å². The lowest BCUT2D eigenvalue weighted by Crippen LogP contribution is -2.53. The van der Waals surface area contributed by atoms with E-state index in [1.807, 2.05) is 34.9 Å². The maximum absolute atomic E-state index is 12.0. The maximum atomic E-state index is 12.0. The van der Waals surface area contributed by atoms with Gasteiger partial charge in [-0.3, -0.25) is 4.79 Å². The van der Waals surface area contributed by atoms with Crippen molar-refractivity contribution in [3.05, 3.63) is 11.8 Å². The predicted molar refractivity (Wildman–Crippen MR) is 69.4 cm³/mol. The van der Waals surface area contributed by atoms with E-state index in [1.165, 1.54) is 4.90 Å². The summed E-state index contributed by atoms with van der Waals surface area (Å²) in [5.74, 6) is 0.0427. The molecule has 1 fully saturated rings. The third-order valence-electron chi connectivity index (χ3n) is 2.97. The molecule has 0 aliphatic carbocycles. The Kier molecular flexibility index (Phi) is 4.04. The number of nitrogens with zero attached hydrogens (tertiary/aromatic N) is 2. The van der Waals surface area contributed by atoms with Crippen LogP contribution in [-0.4, -0.2) is 53.5 Å². The quantitative estimate of drug-likeness (QED) is 0.725. The van der Waals surface area contributed by atoms with Crippen molar-refractivity contribution in [2.45, 2.75) is 33.2 Å². The first-order valence-corrected chi connectivity index (χ1v) is 6.05. The van der Waals surface area contributed by atoms with Crippen LogP contribution in [0.5, 0.6) is 0 Å². The van der Waals surface area contributed by atoms with Crippen molar-refractivity contribution in [3.63, 3.8) is 0 Å². The summed E-state index contributed by atoms with van der Waals surface area (Å²) in [4.78, 5) is 26.5. The fraction of sp³-hybridized carbons (Fsp3) is 0.692. The number of Topliss-reactive ketones (excluding diaryl/α,β-unsaturated/α-hetero) is 1. The maximum Gasteiger partial charge on any atom is 0.407 e. The Labute approximate surface area is 108 Å². The lowest BCUT2D eigenvalue weighted by molar-refractivity contribution is -0.118. The molecule has 18 heavy (non-hydrogen) atoms. The number of amides is 1. The van der Waals surface area contributed by atoms with Crippen molar-refractivity contribution < 1.29 is 14.7 Å². The SMILES string of the molecule is CN(C)C=C1C(=O)CCN(C(=O)O)C1C(C)(C)C. The molecule has 1 heterocycles. The molecule has 5 heteroatoms. The van der Waals surface area contributed by atoms with Gasteiger partial charge in [0.15, 0.2) is 5.78 Å². The third-order valence-corrected chi connectivity index (χ3v) is 2.97. The van der Waals surface area contributed by atoms with Gasteiger partial charge in [0.2, 0.25) is 0 Å². The molecule has 0 saturated carbocycles. The molecule has 0 spiro atoms. The molecule has 0 aromatic carbocycles. The third kappa shape index (κ3) is 3.03. The second-order valence-corrected chi connectivity index (χ2v) is 5.97. The molecule has 1 rings (SSSR count). The zero-order valence-corrected chi connectivity index (χ0v) is 11.7. The second-order valence-electron chi connectivity index (χ2n) is 5.97. The summed E-state index contributed by atoms with van der Waals surface area (Å²) in [5.41, 5.74) is 0.275. The van der Waals surface area contributed by atoms with Gasteiger partial charge in [0, 0.05) is 38.8 Å². The van der Waals surface area contributed by atoms with E-state index >= 15 is 0 Å². The average Bonchev–Trinajstić information content (AvgIpc) is 2.17. The van der Waals surface area contributed by atoms with Gasteiger partial charge in [-0.25, -0.2) is 4.79 Å². The molecule has 0 bridgehead atoms. The van der Waals surface area contributed by atoms with Crippen molar-refractivity contribution in [1.29, 1.82) is 0 Å². The Morgan fingerprint density at radius 3 is 2.39 bits per heavy atom. The Hall–Kier alpha value is -1.52. The summed E-state index contributed by atoms with van der Waals surface area (Å²) in [7, 11) is 3.67. The van der Waals surface area contributed by atoms with Gasteiger partial charge in [0.05, 0.1) is 6.04 Å². The highest BCUT2D eigenvalue weighted by Gasteiger charge is 2.42. The van der Waals surface area contributed by atoms with E-state index in [-0.39, 0.29) is 24.2 Å². The van der Waals surface area contributed by atoms with E-state index in [0.717, 1.165) is 0 Å². The Bertz CT molecular complexity index is 380. The van der Waals surface area contributed by atoms with E-state index in [9.17, 15) is 14.7 Å². The topological polar surface area (TPSA) is 60.9 Å². The second kappa shape index (κ2) is 5.00. The monoisotopic (exact) mass is 254 g/mol. The predicted octanol–water partition coefficient (Wildman–Crippen LogP) is 1.80. The first-order chi connectivity index (χ1) is 8.14. The van der Waals surface area contributed by atoms with Gasteiger partial charge in [0.25, 0.3) is 0 Å². The van der Waals surface area contributed by atoms with Crippen LogP contribution < -0.4 is 0 Å². The number of rotatable bonds is 1. The molecule has 1 aliphatic rings.